The summed E-state index contributed by atoms with van der Waals surface area (Å²) >= 11 is 9.64. The number of nitrogens with zero attached hydrogens (tertiary/aromatic N) is 2. The standard InChI is InChI=1S/C37H39BrClN3O5S/c1-47-33-20-22-34(23-21-33)48(45,46)42(32-18-16-30(39)17-19-32)26-36(43)41(25-28-12-14-29(38)15-13-28)35(24-27-8-4-2-5-9-27)37(44)40-31-10-6-3-7-11-31/h2,4-5,8-9,12-23,31,35H,3,6-7,10-11,24-26H2,1H3,(H,40,44). The quantitative estimate of drug-likeness (QED) is 0.154. The number of carbonyl (C=O) groups is 2. The minimum atomic E-state index is -4.25. The number of sulfonamides is 1. The smallest absolute Gasteiger partial charge is 0.264 e. The first kappa shape index (κ1) is 35.4. The van der Waals surface area contributed by atoms with Crippen molar-refractivity contribution in [1.82, 2.24) is 10.2 Å². The van der Waals surface area contributed by atoms with Crippen molar-refractivity contribution in [1.29, 1.82) is 0 Å². The molecule has 0 spiro atoms. The third kappa shape index (κ3) is 9.18. The molecule has 5 rings (SSSR count). The number of nitrogens with one attached hydrogen (secondary N) is 1. The van der Waals surface area contributed by atoms with E-state index < -0.39 is 28.5 Å². The van der Waals surface area contributed by atoms with Crippen molar-refractivity contribution < 1.29 is 22.7 Å². The molecule has 4 aromatic rings. The highest BCUT2D eigenvalue weighted by Crippen LogP contribution is 2.28. The molecule has 11 heteroatoms. The third-order valence-electron chi connectivity index (χ3n) is 8.53. The predicted molar refractivity (Wildman–Crippen MR) is 193 cm³/mol. The van der Waals surface area contributed by atoms with E-state index in [4.69, 9.17) is 16.3 Å². The van der Waals surface area contributed by atoms with Crippen LogP contribution >= 0.6 is 27.5 Å². The summed E-state index contributed by atoms with van der Waals surface area (Å²) in [6.45, 7) is -0.451. The van der Waals surface area contributed by atoms with Crippen molar-refractivity contribution in [3.05, 3.63) is 124 Å². The minimum absolute atomic E-state index is 0.0126. The van der Waals surface area contributed by atoms with Gasteiger partial charge in [0.05, 0.1) is 17.7 Å². The van der Waals surface area contributed by atoms with Crippen LogP contribution in [-0.4, -0.2) is 50.9 Å². The monoisotopic (exact) mass is 751 g/mol. The highest BCUT2D eigenvalue weighted by Gasteiger charge is 2.35. The van der Waals surface area contributed by atoms with Gasteiger partial charge in [0.25, 0.3) is 10.0 Å². The van der Waals surface area contributed by atoms with E-state index in [0.717, 1.165) is 52.0 Å². The second-order valence-electron chi connectivity index (χ2n) is 11.9. The summed E-state index contributed by atoms with van der Waals surface area (Å²) in [6.07, 6.45) is 5.24. The molecule has 2 amide bonds. The van der Waals surface area contributed by atoms with Crippen LogP contribution in [0.5, 0.6) is 5.75 Å². The lowest BCUT2D eigenvalue weighted by atomic mass is 9.94. The van der Waals surface area contributed by atoms with Gasteiger partial charge in [-0.15, -0.1) is 0 Å². The molecule has 1 saturated carbocycles. The topological polar surface area (TPSA) is 96.0 Å². The zero-order chi connectivity index (χ0) is 34.1. The fourth-order valence-electron chi connectivity index (χ4n) is 5.90. The fraction of sp³-hybridized carbons (Fsp3) is 0.297. The lowest BCUT2D eigenvalue weighted by Gasteiger charge is -2.35. The highest BCUT2D eigenvalue weighted by atomic mass is 79.9. The zero-order valence-electron chi connectivity index (χ0n) is 26.7. The van der Waals surface area contributed by atoms with Crippen molar-refractivity contribution in [2.24, 2.45) is 0 Å². The van der Waals surface area contributed by atoms with Gasteiger partial charge in [0.15, 0.2) is 0 Å². The normalized spacial score (nSPS) is 14.1. The summed E-state index contributed by atoms with van der Waals surface area (Å²) < 4.78 is 35.6. The molecule has 0 radical (unpaired) electrons. The Hall–Kier alpha value is -3.86. The van der Waals surface area contributed by atoms with Crippen LogP contribution in [0.25, 0.3) is 0 Å². The van der Waals surface area contributed by atoms with E-state index in [1.807, 2.05) is 54.6 Å². The van der Waals surface area contributed by atoms with Crippen molar-refractivity contribution in [3.63, 3.8) is 0 Å². The molecular formula is C37H39BrClN3O5S. The first-order valence-electron chi connectivity index (χ1n) is 15.9. The number of hydrogen-bond donors (Lipinski definition) is 1. The number of ether oxygens (including phenoxy) is 1. The van der Waals surface area contributed by atoms with Gasteiger partial charge < -0.3 is 15.0 Å². The molecule has 1 fully saturated rings. The Balaban J connectivity index is 1.55. The number of hydrogen-bond acceptors (Lipinski definition) is 5. The molecule has 0 bridgehead atoms. The molecule has 48 heavy (non-hydrogen) atoms. The molecule has 252 valence electrons. The zero-order valence-corrected chi connectivity index (χ0v) is 29.9. The van der Waals surface area contributed by atoms with Crippen LogP contribution in [0, 0.1) is 0 Å². The number of halogens is 2. The van der Waals surface area contributed by atoms with Gasteiger partial charge >= 0.3 is 0 Å². The van der Waals surface area contributed by atoms with E-state index in [1.54, 1.807) is 36.4 Å². The van der Waals surface area contributed by atoms with E-state index in [9.17, 15) is 18.0 Å². The Morgan fingerprint density at radius 3 is 2.15 bits per heavy atom. The van der Waals surface area contributed by atoms with Crippen LogP contribution in [0.2, 0.25) is 5.02 Å². The first-order chi connectivity index (χ1) is 23.1. The molecule has 0 aromatic heterocycles. The number of carbonyl (C=O) groups excluding carboxylic acids is 2. The number of anilines is 1. The number of benzene rings is 4. The Morgan fingerprint density at radius 1 is 0.875 bits per heavy atom. The maximum atomic E-state index is 14.7. The van der Waals surface area contributed by atoms with Gasteiger partial charge in [-0.05, 0) is 84.6 Å². The Kier molecular flexibility index (Phi) is 12.2. The van der Waals surface area contributed by atoms with Crippen molar-refractivity contribution >= 4 is 55.1 Å². The molecule has 4 aromatic carbocycles. The summed E-state index contributed by atoms with van der Waals surface area (Å²) in [6, 6.07) is 28.5. The predicted octanol–water partition coefficient (Wildman–Crippen LogP) is 7.40. The van der Waals surface area contributed by atoms with Crippen LogP contribution in [0.1, 0.15) is 43.2 Å². The fourth-order valence-corrected chi connectivity index (χ4v) is 7.70. The Labute approximate surface area is 296 Å². The average molecular weight is 753 g/mol. The summed E-state index contributed by atoms with van der Waals surface area (Å²) in [4.78, 5) is 30.4. The van der Waals surface area contributed by atoms with E-state index >= 15 is 0 Å². The van der Waals surface area contributed by atoms with Crippen molar-refractivity contribution in [2.75, 3.05) is 18.0 Å². The average Bonchev–Trinajstić information content (AvgIpc) is 3.10. The molecule has 0 aliphatic heterocycles. The van der Waals surface area contributed by atoms with Gasteiger partial charge in [-0.1, -0.05) is 89.3 Å². The lowest BCUT2D eigenvalue weighted by Crippen LogP contribution is -2.55. The second kappa shape index (κ2) is 16.5. The molecule has 1 N–H and O–H groups in total. The van der Waals surface area contributed by atoms with Gasteiger partial charge in [-0.2, -0.15) is 0 Å². The van der Waals surface area contributed by atoms with Crippen LogP contribution in [0.3, 0.4) is 0 Å². The number of amides is 2. The van der Waals surface area contributed by atoms with Crippen molar-refractivity contribution in [3.8, 4) is 5.75 Å². The van der Waals surface area contributed by atoms with E-state index in [1.165, 1.54) is 24.1 Å². The highest BCUT2D eigenvalue weighted by molar-refractivity contribution is 9.10. The van der Waals surface area contributed by atoms with E-state index in [-0.39, 0.29) is 35.5 Å². The Morgan fingerprint density at radius 2 is 1.52 bits per heavy atom. The SMILES string of the molecule is COc1ccc(S(=O)(=O)N(CC(=O)N(Cc2ccc(Br)cc2)C(Cc2ccccc2)C(=O)NC2CCCCC2)c2ccc(Cl)cc2)cc1. The van der Waals surface area contributed by atoms with Gasteiger partial charge in [0, 0.05) is 28.5 Å². The molecule has 8 nitrogen and oxygen atoms in total. The van der Waals surface area contributed by atoms with Crippen LogP contribution in [-0.2, 0) is 32.6 Å². The van der Waals surface area contributed by atoms with E-state index in [2.05, 4.69) is 21.2 Å². The maximum absolute atomic E-state index is 14.7. The Bertz CT molecular complexity index is 1770. The summed E-state index contributed by atoms with van der Waals surface area (Å²) in [5, 5.41) is 3.65. The van der Waals surface area contributed by atoms with E-state index in [0.29, 0.717) is 10.8 Å². The molecule has 1 atom stereocenters. The molecule has 1 aliphatic rings. The van der Waals surface area contributed by atoms with Gasteiger partial charge in [-0.3, -0.25) is 13.9 Å². The van der Waals surface area contributed by atoms with Gasteiger partial charge in [-0.25, -0.2) is 8.42 Å². The summed E-state index contributed by atoms with van der Waals surface area (Å²) in [5.41, 5.74) is 1.94. The lowest BCUT2D eigenvalue weighted by molar-refractivity contribution is -0.140. The van der Waals surface area contributed by atoms with Gasteiger partial charge in [0.1, 0.15) is 18.3 Å². The molecule has 0 heterocycles. The molecule has 0 saturated heterocycles. The van der Waals surface area contributed by atoms with Crippen molar-refractivity contribution in [2.45, 2.75) is 62.0 Å². The first-order valence-corrected chi connectivity index (χ1v) is 18.6. The maximum Gasteiger partial charge on any atom is 0.264 e. The largest absolute Gasteiger partial charge is 0.497 e. The summed E-state index contributed by atoms with van der Waals surface area (Å²) in [5.74, 6) is -0.284. The number of rotatable bonds is 13. The van der Waals surface area contributed by atoms with Crippen LogP contribution < -0.4 is 14.4 Å². The number of methoxy groups -OCH3 is 1. The second-order valence-corrected chi connectivity index (χ2v) is 15.1. The molecular weight excluding hydrogens is 714 g/mol. The minimum Gasteiger partial charge on any atom is -0.497 e. The van der Waals surface area contributed by atoms with Crippen LogP contribution in [0.4, 0.5) is 5.69 Å². The van der Waals surface area contributed by atoms with Crippen LogP contribution in [0.15, 0.2) is 112 Å². The molecule has 1 aliphatic carbocycles. The van der Waals surface area contributed by atoms with Gasteiger partial charge in [0.2, 0.25) is 11.8 Å². The summed E-state index contributed by atoms with van der Waals surface area (Å²) in [7, 11) is -2.75. The third-order valence-corrected chi connectivity index (χ3v) is 11.1. The molecule has 1 unspecified atom stereocenters.